The van der Waals surface area contributed by atoms with Crippen LogP contribution in [-0.4, -0.2) is 25.0 Å². The van der Waals surface area contributed by atoms with Crippen LogP contribution in [0.5, 0.6) is 0 Å². The number of para-hydroxylation sites is 1. The van der Waals surface area contributed by atoms with Gasteiger partial charge in [0.05, 0.1) is 5.69 Å². The Bertz CT molecular complexity index is 381. The van der Waals surface area contributed by atoms with Crippen molar-refractivity contribution in [2.45, 2.75) is 17.3 Å². The number of likely N-dealkylation sites (N-methyl/N-ethyl adjacent to an activating group) is 1. The third-order valence-corrected chi connectivity index (χ3v) is 3.46. The maximum absolute atomic E-state index is 11.9. The Kier molecular flexibility index (Phi) is 2.98. The van der Waals surface area contributed by atoms with Gasteiger partial charge in [0.2, 0.25) is 0 Å². The third kappa shape index (κ3) is 1.87. The minimum atomic E-state index is -0.394. The van der Waals surface area contributed by atoms with E-state index in [9.17, 15) is 4.79 Å². The van der Waals surface area contributed by atoms with Crippen LogP contribution in [-0.2, 0) is 9.53 Å². The molecule has 80 valence electrons. The van der Waals surface area contributed by atoms with Crippen molar-refractivity contribution in [2.24, 2.45) is 0 Å². The van der Waals surface area contributed by atoms with E-state index in [0.29, 0.717) is 6.61 Å². The van der Waals surface area contributed by atoms with Crippen molar-refractivity contribution in [2.75, 3.05) is 18.6 Å². The molecule has 0 N–H and O–H groups in total. The van der Waals surface area contributed by atoms with Crippen molar-refractivity contribution < 1.29 is 9.53 Å². The molecule has 4 heteroatoms. The van der Waals surface area contributed by atoms with Crippen molar-refractivity contribution in [1.29, 1.82) is 0 Å². The molecule has 15 heavy (non-hydrogen) atoms. The monoisotopic (exact) mass is 223 g/mol. The molecule has 0 fully saturated rings. The van der Waals surface area contributed by atoms with E-state index in [1.165, 1.54) is 11.8 Å². The zero-order valence-electron chi connectivity index (χ0n) is 8.77. The molecule has 0 aromatic heterocycles. The maximum atomic E-state index is 11.9. The summed E-state index contributed by atoms with van der Waals surface area (Å²) in [5, 5.41) is 0. The van der Waals surface area contributed by atoms with Crippen LogP contribution in [0.4, 0.5) is 5.69 Å². The standard InChI is InChI=1S/C11H13NO2S/c1-3-14-11-10(13)12(2)8-6-4-5-7-9(8)15-11/h4-7,11H,3H2,1-2H3. The summed E-state index contributed by atoms with van der Waals surface area (Å²) in [7, 11) is 1.78. The van der Waals surface area contributed by atoms with E-state index in [0.717, 1.165) is 10.6 Å². The number of thioether (sulfide) groups is 1. The summed E-state index contributed by atoms with van der Waals surface area (Å²) < 4.78 is 5.39. The molecule has 2 rings (SSSR count). The second-order valence-electron chi connectivity index (χ2n) is 3.27. The van der Waals surface area contributed by atoms with Crippen LogP contribution in [0, 0.1) is 0 Å². The molecule has 0 saturated carbocycles. The Hall–Kier alpha value is -1.00. The van der Waals surface area contributed by atoms with Gasteiger partial charge in [-0.15, -0.1) is 0 Å². The molecule has 1 aliphatic rings. The number of hydrogen-bond acceptors (Lipinski definition) is 3. The number of carbonyl (C=O) groups excluding carboxylic acids is 1. The van der Waals surface area contributed by atoms with E-state index >= 15 is 0 Å². The molecule has 0 spiro atoms. The van der Waals surface area contributed by atoms with E-state index in [4.69, 9.17) is 4.74 Å². The fraction of sp³-hybridized carbons (Fsp3) is 0.364. The van der Waals surface area contributed by atoms with Gasteiger partial charge in [-0.25, -0.2) is 0 Å². The van der Waals surface area contributed by atoms with Crippen LogP contribution in [0.3, 0.4) is 0 Å². The Morgan fingerprint density at radius 1 is 1.47 bits per heavy atom. The number of anilines is 1. The van der Waals surface area contributed by atoms with Crippen molar-refractivity contribution >= 4 is 23.4 Å². The summed E-state index contributed by atoms with van der Waals surface area (Å²) in [6.45, 7) is 2.45. The van der Waals surface area contributed by atoms with Crippen molar-refractivity contribution in [3.63, 3.8) is 0 Å². The summed E-state index contributed by atoms with van der Waals surface area (Å²) in [5.41, 5.74) is 0.568. The highest BCUT2D eigenvalue weighted by atomic mass is 32.2. The largest absolute Gasteiger partial charge is 0.357 e. The minimum absolute atomic E-state index is 0.0144. The first-order valence-electron chi connectivity index (χ1n) is 4.89. The summed E-state index contributed by atoms with van der Waals surface area (Å²) in [6, 6.07) is 7.86. The van der Waals surface area contributed by atoms with Crippen LogP contribution in [0.25, 0.3) is 0 Å². The summed E-state index contributed by atoms with van der Waals surface area (Å²) in [5.74, 6) is 0.0144. The average Bonchev–Trinajstić information content (AvgIpc) is 2.26. The van der Waals surface area contributed by atoms with E-state index < -0.39 is 5.44 Å². The molecule has 1 heterocycles. The van der Waals surface area contributed by atoms with Crippen molar-refractivity contribution in [3.05, 3.63) is 24.3 Å². The lowest BCUT2D eigenvalue weighted by Crippen LogP contribution is -2.39. The van der Waals surface area contributed by atoms with E-state index in [2.05, 4.69) is 0 Å². The quantitative estimate of drug-likeness (QED) is 0.769. The molecule has 0 bridgehead atoms. The maximum Gasteiger partial charge on any atom is 0.266 e. The number of hydrogen-bond donors (Lipinski definition) is 0. The number of rotatable bonds is 2. The van der Waals surface area contributed by atoms with Crippen LogP contribution in [0.2, 0.25) is 0 Å². The lowest BCUT2D eigenvalue weighted by Gasteiger charge is -2.30. The second-order valence-corrected chi connectivity index (χ2v) is 4.37. The highest BCUT2D eigenvalue weighted by molar-refractivity contribution is 8.00. The van der Waals surface area contributed by atoms with E-state index in [1.54, 1.807) is 11.9 Å². The van der Waals surface area contributed by atoms with Gasteiger partial charge in [0.15, 0.2) is 5.44 Å². The third-order valence-electron chi connectivity index (χ3n) is 2.31. The minimum Gasteiger partial charge on any atom is -0.357 e. The lowest BCUT2D eigenvalue weighted by atomic mass is 10.3. The zero-order chi connectivity index (χ0) is 10.8. The Morgan fingerprint density at radius 2 is 2.20 bits per heavy atom. The van der Waals surface area contributed by atoms with Crippen LogP contribution in [0.1, 0.15) is 6.92 Å². The van der Waals surface area contributed by atoms with Gasteiger partial charge in [0.1, 0.15) is 0 Å². The SMILES string of the molecule is CCOC1Sc2ccccc2N(C)C1=O. The first kappa shape index (κ1) is 10.5. The molecule has 3 nitrogen and oxygen atoms in total. The summed E-state index contributed by atoms with van der Waals surface area (Å²) >= 11 is 1.48. The predicted octanol–water partition coefficient (Wildman–Crippen LogP) is 2.12. The topological polar surface area (TPSA) is 29.5 Å². The lowest BCUT2D eigenvalue weighted by molar-refractivity contribution is -0.124. The Labute approximate surface area is 93.4 Å². The molecule has 1 aliphatic heterocycles. The van der Waals surface area contributed by atoms with Gasteiger partial charge in [-0.05, 0) is 19.1 Å². The number of fused-ring (bicyclic) bond motifs is 1. The molecule has 0 radical (unpaired) electrons. The van der Waals surface area contributed by atoms with Gasteiger partial charge in [-0.1, -0.05) is 23.9 Å². The second kappa shape index (κ2) is 4.24. The van der Waals surface area contributed by atoms with Crippen LogP contribution >= 0.6 is 11.8 Å². The molecule has 1 aromatic rings. The van der Waals surface area contributed by atoms with Crippen LogP contribution < -0.4 is 4.90 Å². The molecular formula is C11H13NO2S. The molecule has 0 saturated heterocycles. The number of benzene rings is 1. The number of amides is 1. The van der Waals surface area contributed by atoms with Gasteiger partial charge < -0.3 is 9.64 Å². The predicted molar refractivity (Wildman–Crippen MR) is 61.1 cm³/mol. The van der Waals surface area contributed by atoms with Gasteiger partial charge in [0, 0.05) is 18.6 Å². The van der Waals surface area contributed by atoms with Gasteiger partial charge in [0.25, 0.3) is 5.91 Å². The summed E-state index contributed by atoms with van der Waals surface area (Å²) in [4.78, 5) is 14.6. The molecule has 1 amide bonds. The molecule has 1 unspecified atom stereocenters. The van der Waals surface area contributed by atoms with Crippen molar-refractivity contribution in [3.8, 4) is 0 Å². The highest BCUT2D eigenvalue weighted by Crippen LogP contribution is 2.38. The van der Waals surface area contributed by atoms with Gasteiger partial charge >= 0.3 is 0 Å². The number of carbonyl (C=O) groups is 1. The molecule has 0 aliphatic carbocycles. The Morgan fingerprint density at radius 3 is 2.93 bits per heavy atom. The highest BCUT2D eigenvalue weighted by Gasteiger charge is 2.31. The zero-order valence-corrected chi connectivity index (χ0v) is 9.58. The molecule has 1 aromatic carbocycles. The van der Waals surface area contributed by atoms with E-state index in [1.807, 2.05) is 31.2 Å². The number of nitrogens with zero attached hydrogens (tertiary/aromatic N) is 1. The molecule has 1 atom stereocenters. The normalized spacial score (nSPS) is 20.3. The smallest absolute Gasteiger partial charge is 0.266 e. The Balaban J connectivity index is 2.32. The first-order valence-corrected chi connectivity index (χ1v) is 5.77. The molecular weight excluding hydrogens is 210 g/mol. The van der Waals surface area contributed by atoms with E-state index in [-0.39, 0.29) is 5.91 Å². The fourth-order valence-electron chi connectivity index (χ4n) is 1.53. The van der Waals surface area contributed by atoms with Gasteiger partial charge in [-0.2, -0.15) is 0 Å². The van der Waals surface area contributed by atoms with Crippen molar-refractivity contribution in [1.82, 2.24) is 0 Å². The fourth-order valence-corrected chi connectivity index (χ4v) is 2.71. The van der Waals surface area contributed by atoms with Crippen LogP contribution in [0.15, 0.2) is 29.2 Å². The van der Waals surface area contributed by atoms with Gasteiger partial charge in [-0.3, -0.25) is 4.79 Å². The summed E-state index contributed by atoms with van der Waals surface area (Å²) in [6.07, 6.45) is 0. The number of ether oxygens (including phenoxy) is 1. The average molecular weight is 223 g/mol. The first-order chi connectivity index (χ1) is 7.24.